The van der Waals surface area contributed by atoms with E-state index in [2.05, 4.69) is 77.8 Å². The number of hydrogen-bond acceptors (Lipinski definition) is 1. The van der Waals surface area contributed by atoms with Crippen LogP contribution >= 0.6 is 0 Å². The van der Waals surface area contributed by atoms with Crippen molar-refractivity contribution in [1.29, 1.82) is 0 Å². The summed E-state index contributed by atoms with van der Waals surface area (Å²) in [6.45, 7) is 2.05. The molecule has 0 aliphatic heterocycles. The molecule has 0 atom stereocenters. The number of aromatic nitrogens is 1. The van der Waals surface area contributed by atoms with E-state index in [1.165, 1.54) is 27.6 Å². The molecule has 0 fully saturated rings. The van der Waals surface area contributed by atoms with E-state index in [4.69, 9.17) is 0 Å². The molecule has 110 valence electrons. The van der Waals surface area contributed by atoms with E-state index in [1.807, 2.05) is 19.1 Å². The lowest BCUT2D eigenvalue weighted by molar-refractivity contribution is 1.26. The van der Waals surface area contributed by atoms with Crippen molar-refractivity contribution in [2.75, 3.05) is 0 Å². The highest BCUT2D eigenvalue weighted by Gasteiger charge is 2.06. The van der Waals surface area contributed by atoms with E-state index in [-0.39, 0.29) is 0 Å². The van der Waals surface area contributed by atoms with Crippen LogP contribution in [0.4, 0.5) is 0 Å². The van der Waals surface area contributed by atoms with E-state index in [0.717, 1.165) is 11.2 Å². The van der Waals surface area contributed by atoms with E-state index in [1.54, 1.807) is 0 Å². The number of nitrogens with zero attached hydrogens (tertiary/aromatic N) is 1. The summed E-state index contributed by atoms with van der Waals surface area (Å²) in [6, 6.07) is 29.7. The molecule has 1 aromatic heterocycles. The van der Waals surface area contributed by atoms with Crippen molar-refractivity contribution in [3.63, 3.8) is 0 Å². The third-order valence-electron chi connectivity index (χ3n) is 4.15. The van der Waals surface area contributed by atoms with Gasteiger partial charge in [0.15, 0.2) is 0 Å². The van der Waals surface area contributed by atoms with Crippen LogP contribution in [0.25, 0.3) is 33.2 Å². The maximum absolute atomic E-state index is 4.63. The van der Waals surface area contributed by atoms with Gasteiger partial charge in [0.1, 0.15) is 0 Å². The van der Waals surface area contributed by atoms with Crippen LogP contribution in [0, 0.1) is 6.92 Å². The average molecular weight is 295 g/mol. The smallest absolute Gasteiger partial charge is 0.0711 e. The molecule has 0 bridgehead atoms. The lowest BCUT2D eigenvalue weighted by Crippen LogP contribution is -1.88. The number of hydrogen-bond donors (Lipinski definition) is 0. The minimum absolute atomic E-state index is 1.05. The number of benzene rings is 3. The molecule has 1 heteroatoms. The molecule has 0 spiro atoms. The molecule has 4 rings (SSSR count). The van der Waals surface area contributed by atoms with Crippen molar-refractivity contribution >= 4 is 10.9 Å². The molecule has 0 aliphatic carbocycles. The first-order chi connectivity index (χ1) is 11.3. The van der Waals surface area contributed by atoms with Gasteiger partial charge in [-0.05, 0) is 41.3 Å². The molecule has 0 N–H and O–H groups in total. The Morgan fingerprint density at radius 1 is 0.609 bits per heavy atom. The summed E-state index contributed by atoms with van der Waals surface area (Å²) in [6.07, 6.45) is 0. The maximum atomic E-state index is 4.63. The monoisotopic (exact) mass is 295 g/mol. The number of para-hydroxylation sites is 1. The fraction of sp³-hybridized carbons (Fsp3) is 0.0455. The molecular formula is C22H17N. The first-order valence-electron chi connectivity index (χ1n) is 7.83. The molecule has 4 aromatic rings. The van der Waals surface area contributed by atoms with Crippen LogP contribution < -0.4 is 0 Å². The van der Waals surface area contributed by atoms with Gasteiger partial charge < -0.3 is 0 Å². The second kappa shape index (κ2) is 5.69. The van der Waals surface area contributed by atoms with Crippen molar-refractivity contribution in [3.8, 4) is 22.3 Å². The Balaban J connectivity index is 1.83. The summed E-state index contributed by atoms with van der Waals surface area (Å²) in [7, 11) is 0. The summed E-state index contributed by atoms with van der Waals surface area (Å²) < 4.78 is 0. The van der Waals surface area contributed by atoms with Crippen molar-refractivity contribution in [3.05, 3.63) is 90.6 Å². The second-order valence-electron chi connectivity index (χ2n) is 5.77. The molecule has 23 heavy (non-hydrogen) atoms. The van der Waals surface area contributed by atoms with Gasteiger partial charge in [0.2, 0.25) is 0 Å². The van der Waals surface area contributed by atoms with Gasteiger partial charge in [-0.15, -0.1) is 0 Å². The molecule has 0 aliphatic rings. The van der Waals surface area contributed by atoms with E-state index >= 15 is 0 Å². The van der Waals surface area contributed by atoms with Crippen LogP contribution in [-0.2, 0) is 0 Å². The second-order valence-corrected chi connectivity index (χ2v) is 5.77. The highest BCUT2D eigenvalue weighted by atomic mass is 14.7. The molecule has 1 heterocycles. The van der Waals surface area contributed by atoms with Crippen molar-refractivity contribution in [2.24, 2.45) is 0 Å². The molecule has 0 saturated carbocycles. The maximum Gasteiger partial charge on any atom is 0.0711 e. The number of pyridine rings is 1. The van der Waals surface area contributed by atoms with Gasteiger partial charge >= 0.3 is 0 Å². The molecule has 0 radical (unpaired) electrons. The Kier molecular flexibility index (Phi) is 3.39. The zero-order valence-electron chi connectivity index (χ0n) is 13.0. The standard InChI is InChI=1S/C22H17N/c1-16-15-21(20-9-5-6-10-22(20)23-16)19-13-11-18(12-14-19)17-7-3-2-4-8-17/h2-15H,1H3. The first-order valence-corrected chi connectivity index (χ1v) is 7.83. The van der Waals surface area contributed by atoms with Crippen LogP contribution in [0.3, 0.4) is 0 Å². The van der Waals surface area contributed by atoms with Crippen LogP contribution in [0.15, 0.2) is 84.9 Å². The van der Waals surface area contributed by atoms with Gasteiger partial charge in [-0.1, -0.05) is 72.8 Å². The van der Waals surface area contributed by atoms with Crippen LogP contribution in [0.5, 0.6) is 0 Å². The fourth-order valence-corrected chi connectivity index (χ4v) is 3.02. The summed E-state index contributed by atoms with van der Waals surface area (Å²) in [5.41, 5.74) is 7.05. The quantitative estimate of drug-likeness (QED) is 0.450. The summed E-state index contributed by atoms with van der Waals surface area (Å²) in [4.78, 5) is 4.63. The minimum atomic E-state index is 1.05. The van der Waals surface area contributed by atoms with E-state index in [9.17, 15) is 0 Å². The zero-order chi connectivity index (χ0) is 15.6. The fourth-order valence-electron chi connectivity index (χ4n) is 3.02. The first kappa shape index (κ1) is 13.7. The highest BCUT2D eigenvalue weighted by molar-refractivity contribution is 5.94. The molecular weight excluding hydrogens is 278 g/mol. The third kappa shape index (κ3) is 2.62. The van der Waals surface area contributed by atoms with Crippen molar-refractivity contribution < 1.29 is 0 Å². The van der Waals surface area contributed by atoms with Crippen LogP contribution in [0.1, 0.15) is 5.69 Å². The molecule has 0 amide bonds. The Bertz CT molecular complexity index is 954. The van der Waals surface area contributed by atoms with Gasteiger partial charge in [0, 0.05) is 11.1 Å². The summed E-state index contributed by atoms with van der Waals surface area (Å²) in [5.74, 6) is 0. The van der Waals surface area contributed by atoms with E-state index < -0.39 is 0 Å². The van der Waals surface area contributed by atoms with Gasteiger partial charge in [-0.25, -0.2) is 0 Å². The Hall–Kier alpha value is -2.93. The topological polar surface area (TPSA) is 12.9 Å². The summed E-state index contributed by atoms with van der Waals surface area (Å²) in [5, 5.41) is 1.20. The predicted molar refractivity (Wildman–Crippen MR) is 97.4 cm³/mol. The Morgan fingerprint density at radius 2 is 1.22 bits per heavy atom. The van der Waals surface area contributed by atoms with Crippen molar-refractivity contribution in [1.82, 2.24) is 4.98 Å². The molecule has 0 unspecified atom stereocenters. The largest absolute Gasteiger partial charge is 0.253 e. The molecule has 0 saturated heterocycles. The number of fused-ring (bicyclic) bond motifs is 1. The highest BCUT2D eigenvalue weighted by Crippen LogP contribution is 2.30. The molecule has 3 aromatic carbocycles. The van der Waals surface area contributed by atoms with Gasteiger partial charge in [-0.3, -0.25) is 4.98 Å². The number of rotatable bonds is 2. The van der Waals surface area contributed by atoms with Crippen molar-refractivity contribution in [2.45, 2.75) is 6.92 Å². The predicted octanol–water partition coefficient (Wildman–Crippen LogP) is 5.88. The Morgan fingerprint density at radius 3 is 2.00 bits per heavy atom. The average Bonchev–Trinajstić information content (AvgIpc) is 2.62. The normalized spacial score (nSPS) is 10.8. The zero-order valence-corrected chi connectivity index (χ0v) is 13.0. The SMILES string of the molecule is Cc1cc(-c2ccc(-c3ccccc3)cc2)c2ccccc2n1. The third-order valence-corrected chi connectivity index (χ3v) is 4.15. The summed E-state index contributed by atoms with van der Waals surface area (Å²) >= 11 is 0. The lowest BCUT2D eigenvalue weighted by atomic mass is 9.97. The van der Waals surface area contributed by atoms with Gasteiger partial charge in [-0.2, -0.15) is 0 Å². The minimum Gasteiger partial charge on any atom is -0.253 e. The Labute approximate surface area is 136 Å². The van der Waals surface area contributed by atoms with Crippen LogP contribution in [-0.4, -0.2) is 4.98 Å². The van der Waals surface area contributed by atoms with Gasteiger partial charge in [0.25, 0.3) is 0 Å². The number of aryl methyl sites for hydroxylation is 1. The van der Waals surface area contributed by atoms with Crippen LogP contribution in [0.2, 0.25) is 0 Å². The lowest BCUT2D eigenvalue weighted by Gasteiger charge is -2.09. The van der Waals surface area contributed by atoms with E-state index in [0.29, 0.717) is 0 Å². The molecule has 1 nitrogen and oxygen atoms in total. The van der Waals surface area contributed by atoms with Gasteiger partial charge in [0.05, 0.1) is 5.52 Å².